The van der Waals surface area contributed by atoms with E-state index < -0.39 is 0 Å². The third-order valence-corrected chi connectivity index (χ3v) is 5.43. The number of rotatable bonds is 3. The van der Waals surface area contributed by atoms with Crippen LogP contribution in [0.4, 0.5) is 0 Å². The fourth-order valence-electron chi connectivity index (χ4n) is 3.82. The van der Waals surface area contributed by atoms with Gasteiger partial charge in [0.15, 0.2) is 5.89 Å². The Labute approximate surface area is 174 Å². The SMILES string of the molecule is CC(C)c1nc2c(o1)CCN(C(=O)c1cc(-c3cccnc3)nc3ccccc13)C2. The summed E-state index contributed by atoms with van der Waals surface area (Å²) in [6.07, 6.45) is 4.17. The Hall–Kier alpha value is -3.54. The topological polar surface area (TPSA) is 72.1 Å². The molecule has 1 aromatic carbocycles. The lowest BCUT2D eigenvalue weighted by molar-refractivity contribution is 0.0730. The third-order valence-electron chi connectivity index (χ3n) is 5.43. The number of hydrogen-bond acceptors (Lipinski definition) is 5. The van der Waals surface area contributed by atoms with E-state index >= 15 is 0 Å². The highest BCUT2D eigenvalue weighted by atomic mass is 16.4. The van der Waals surface area contributed by atoms with Crippen LogP contribution >= 0.6 is 0 Å². The van der Waals surface area contributed by atoms with Crippen LogP contribution in [0.1, 0.15) is 47.5 Å². The van der Waals surface area contributed by atoms with Gasteiger partial charge in [0.25, 0.3) is 5.91 Å². The fourth-order valence-corrected chi connectivity index (χ4v) is 3.82. The maximum absolute atomic E-state index is 13.6. The van der Waals surface area contributed by atoms with Gasteiger partial charge in [-0.1, -0.05) is 32.0 Å². The van der Waals surface area contributed by atoms with Crippen molar-refractivity contribution in [2.45, 2.75) is 32.7 Å². The van der Waals surface area contributed by atoms with Crippen LogP contribution in [0.3, 0.4) is 0 Å². The minimum atomic E-state index is -0.0153. The molecule has 0 unspecified atom stereocenters. The van der Waals surface area contributed by atoms with Crippen molar-refractivity contribution in [2.24, 2.45) is 0 Å². The zero-order valence-corrected chi connectivity index (χ0v) is 17.0. The summed E-state index contributed by atoms with van der Waals surface area (Å²) in [4.78, 5) is 29.0. The Morgan fingerprint density at radius 2 is 2.00 bits per heavy atom. The Balaban J connectivity index is 1.54. The lowest BCUT2D eigenvalue weighted by Gasteiger charge is -2.26. The normalized spacial score (nSPS) is 13.6. The Bertz CT molecular complexity index is 1230. The highest BCUT2D eigenvalue weighted by Crippen LogP contribution is 2.28. The molecule has 0 bridgehead atoms. The zero-order chi connectivity index (χ0) is 20.7. The molecule has 0 N–H and O–H groups in total. The molecule has 3 aromatic heterocycles. The third kappa shape index (κ3) is 3.24. The minimum absolute atomic E-state index is 0.0153. The molecule has 4 heterocycles. The molecule has 1 aliphatic heterocycles. The van der Waals surface area contributed by atoms with Gasteiger partial charge in [-0.2, -0.15) is 0 Å². The van der Waals surface area contributed by atoms with E-state index in [0.29, 0.717) is 25.1 Å². The van der Waals surface area contributed by atoms with Crippen LogP contribution in [0.15, 0.2) is 59.3 Å². The highest BCUT2D eigenvalue weighted by Gasteiger charge is 2.28. The van der Waals surface area contributed by atoms with Crippen LogP contribution in [-0.2, 0) is 13.0 Å². The summed E-state index contributed by atoms with van der Waals surface area (Å²) >= 11 is 0. The van der Waals surface area contributed by atoms with Gasteiger partial charge in [-0.3, -0.25) is 9.78 Å². The van der Waals surface area contributed by atoms with Gasteiger partial charge in [0.1, 0.15) is 11.5 Å². The maximum Gasteiger partial charge on any atom is 0.254 e. The van der Waals surface area contributed by atoms with E-state index in [4.69, 9.17) is 9.40 Å². The largest absolute Gasteiger partial charge is 0.445 e. The molecule has 0 atom stereocenters. The second-order valence-corrected chi connectivity index (χ2v) is 7.87. The van der Waals surface area contributed by atoms with Gasteiger partial charge in [0.05, 0.1) is 23.3 Å². The number of hydrogen-bond donors (Lipinski definition) is 0. The fraction of sp³-hybridized carbons (Fsp3) is 0.250. The number of pyridine rings is 2. The molecule has 1 aliphatic rings. The van der Waals surface area contributed by atoms with Gasteiger partial charge >= 0.3 is 0 Å². The summed E-state index contributed by atoms with van der Waals surface area (Å²) in [5, 5.41) is 0.851. The molecule has 1 amide bonds. The van der Waals surface area contributed by atoms with E-state index in [-0.39, 0.29) is 11.8 Å². The molecular weight excluding hydrogens is 376 g/mol. The van der Waals surface area contributed by atoms with Gasteiger partial charge in [-0.05, 0) is 24.3 Å². The first-order valence-corrected chi connectivity index (χ1v) is 10.2. The van der Waals surface area contributed by atoms with Crippen LogP contribution in [0, 0.1) is 0 Å². The van der Waals surface area contributed by atoms with E-state index in [1.165, 1.54) is 0 Å². The summed E-state index contributed by atoms with van der Waals surface area (Å²) in [6.45, 7) is 5.19. The Morgan fingerprint density at radius 1 is 1.13 bits per heavy atom. The van der Waals surface area contributed by atoms with Crippen molar-refractivity contribution in [2.75, 3.05) is 6.54 Å². The van der Waals surface area contributed by atoms with Crippen LogP contribution in [0.5, 0.6) is 0 Å². The van der Waals surface area contributed by atoms with Crippen LogP contribution in [-0.4, -0.2) is 32.3 Å². The molecule has 0 saturated carbocycles. The molecule has 0 spiro atoms. The number of oxazole rings is 1. The minimum Gasteiger partial charge on any atom is -0.445 e. The molecule has 150 valence electrons. The van der Waals surface area contributed by atoms with Gasteiger partial charge in [-0.25, -0.2) is 9.97 Å². The molecule has 30 heavy (non-hydrogen) atoms. The molecule has 4 aromatic rings. The number of nitrogens with zero attached hydrogens (tertiary/aromatic N) is 4. The standard InChI is InChI=1S/C24H22N4O2/c1-15(2)23-27-21-14-28(11-9-22(21)30-23)24(29)18-12-20(16-6-5-10-25-13-16)26-19-8-4-3-7-17(18)19/h3-8,10,12-13,15H,9,11,14H2,1-2H3. The second kappa shape index (κ2) is 7.37. The van der Waals surface area contributed by atoms with Crippen molar-refractivity contribution in [3.05, 3.63) is 77.8 Å². The maximum atomic E-state index is 13.6. The predicted octanol–water partition coefficient (Wildman–Crippen LogP) is 4.61. The van der Waals surface area contributed by atoms with Gasteiger partial charge in [0.2, 0.25) is 0 Å². The summed E-state index contributed by atoms with van der Waals surface area (Å²) in [5.41, 5.74) is 3.94. The first-order chi connectivity index (χ1) is 14.6. The molecular formula is C24H22N4O2. The van der Waals surface area contributed by atoms with E-state index in [0.717, 1.165) is 39.5 Å². The second-order valence-electron chi connectivity index (χ2n) is 7.87. The van der Waals surface area contributed by atoms with Crippen LogP contribution < -0.4 is 0 Å². The van der Waals surface area contributed by atoms with Crippen molar-refractivity contribution in [1.29, 1.82) is 0 Å². The zero-order valence-electron chi connectivity index (χ0n) is 17.0. The van der Waals surface area contributed by atoms with Crippen molar-refractivity contribution in [3.8, 4) is 11.3 Å². The number of fused-ring (bicyclic) bond motifs is 2. The molecule has 0 saturated heterocycles. The van der Waals surface area contributed by atoms with Crippen molar-refractivity contribution in [3.63, 3.8) is 0 Å². The number of benzene rings is 1. The molecule has 5 rings (SSSR count). The average molecular weight is 398 g/mol. The van der Waals surface area contributed by atoms with Gasteiger partial charge in [-0.15, -0.1) is 0 Å². The van der Waals surface area contributed by atoms with E-state index in [9.17, 15) is 4.79 Å². The lowest BCUT2D eigenvalue weighted by Crippen LogP contribution is -2.36. The lowest BCUT2D eigenvalue weighted by atomic mass is 10.0. The number of para-hydroxylation sites is 1. The first-order valence-electron chi connectivity index (χ1n) is 10.2. The summed E-state index contributed by atoms with van der Waals surface area (Å²) < 4.78 is 5.88. The van der Waals surface area contributed by atoms with E-state index in [1.807, 2.05) is 47.4 Å². The van der Waals surface area contributed by atoms with Gasteiger partial charge in [0, 0.05) is 42.2 Å². The van der Waals surface area contributed by atoms with Crippen molar-refractivity contribution in [1.82, 2.24) is 19.9 Å². The quantitative estimate of drug-likeness (QED) is 0.504. The average Bonchev–Trinajstić information content (AvgIpc) is 3.22. The van der Waals surface area contributed by atoms with Crippen molar-refractivity contribution < 1.29 is 9.21 Å². The molecule has 6 heteroatoms. The van der Waals surface area contributed by atoms with E-state index in [2.05, 4.69) is 23.8 Å². The Morgan fingerprint density at radius 3 is 2.80 bits per heavy atom. The monoisotopic (exact) mass is 398 g/mol. The smallest absolute Gasteiger partial charge is 0.254 e. The van der Waals surface area contributed by atoms with Crippen molar-refractivity contribution >= 4 is 16.8 Å². The number of aromatic nitrogens is 3. The predicted molar refractivity (Wildman–Crippen MR) is 114 cm³/mol. The summed E-state index contributed by atoms with van der Waals surface area (Å²) in [7, 11) is 0. The van der Waals surface area contributed by atoms with Crippen LogP contribution in [0.25, 0.3) is 22.2 Å². The first kappa shape index (κ1) is 18.5. The summed E-state index contributed by atoms with van der Waals surface area (Å²) in [5.74, 6) is 1.85. The number of carbonyl (C=O) groups is 1. The molecule has 0 fully saturated rings. The number of carbonyl (C=O) groups excluding carboxylic acids is 1. The molecule has 6 nitrogen and oxygen atoms in total. The highest BCUT2D eigenvalue weighted by molar-refractivity contribution is 6.07. The summed E-state index contributed by atoms with van der Waals surface area (Å²) in [6, 6.07) is 13.5. The number of amides is 1. The van der Waals surface area contributed by atoms with Gasteiger partial charge < -0.3 is 9.32 Å². The molecule has 0 radical (unpaired) electrons. The van der Waals surface area contributed by atoms with E-state index in [1.54, 1.807) is 12.4 Å². The molecule has 0 aliphatic carbocycles. The Kier molecular flexibility index (Phi) is 4.54. The van der Waals surface area contributed by atoms with Crippen LogP contribution in [0.2, 0.25) is 0 Å².